The number of fused-ring (bicyclic) bond motifs is 4. The Kier molecular flexibility index (Phi) is 7.81. The maximum atomic E-state index is 12.4. The van der Waals surface area contributed by atoms with Crippen molar-refractivity contribution in [1.29, 1.82) is 0 Å². The highest BCUT2D eigenvalue weighted by Gasteiger charge is 2.44. The number of hydrogen-bond acceptors (Lipinski definition) is 5. The second-order valence-corrected chi connectivity index (χ2v) is 11.2. The molecule has 6 atom stereocenters. The quantitative estimate of drug-likeness (QED) is 0.469. The fourth-order valence-corrected chi connectivity index (χ4v) is 7.54. The molecule has 3 N–H and O–H groups in total. The Morgan fingerprint density at radius 2 is 1.54 bits per heavy atom. The van der Waals surface area contributed by atoms with Gasteiger partial charge in [-0.1, -0.05) is 37.8 Å². The van der Waals surface area contributed by atoms with Crippen LogP contribution in [-0.2, 0) is 9.53 Å². The highest BCUT2D eigenvalue weighted by atomic mass is 16.5. The van der Waals surface area contributed by atoms with Gasteiger partial charge in [0.05, 0.1) is 18.0 Å². The molecule has 2 aliphatic carbocycles. The van der Waals surface area contributed by atoms with E-state index in [1.165, 1.54) is 70.6 Å². The summed E-state index contributed by atoms with van der Waals surface area (Å²) in [7, 11) is 0. The lowest BCUT2D eigenvalue weighted by atomic mass is 9.68. The molecule has 1 aromatic rings. The van der Waals surface area contributed by atoms with E-state index in [1.54, 1.807) is 6.92 Å². The van der Waals surface area contributed by atoms with Crippen LogP contribution in [0, 0.1) is 11.8 Å². The fourth-order valence-electron chi connectivity index (χ4n) is 7.54. The lowest BCUT2D eigenvalue weighted by Gasteiger charge is -2.55. The zero-order valence-electron chi connectivity index (χ0n) is 21.1. The number of esters is 1. The minimum atomic E-state index is -0.436. The van der Waals surface area contributed by atoms with Crippen LogP contribution in [0.1, 0.15) is 77.6 Å². The molecule has 35 heavy (non-hydrogen) atoms. The van der Waals surface area contributed by atoms with Crippen LogP contribution in [0.2, 0.25) is 0 Å². The van der Waals surface area contributed by atoms with Gasteiger partial charge in [0.1, 0.15) is 6.54 Å². The summed E-state index contributed by atoms with van der Waals surface area (Å²) >= 11 is 0. The number of carbonyl (C=O) groups excluding carboxylic acids is 2. The van der Waals surface area contributed by atoms with Gasteiger partial charge in [-0.3, -0.25) is 9.69 Å². The third-order valence-electron chi connectivity index (χ3n) is 8.79. The lowest BCUT2D eigenvalue weighted by Crippen LogP contribution is -2.60. The van der Waals surface area contributed by atoms with Crippen molar-refractivity contribution in [3.05, 3.63) is 24.3 Å². The summed E-state index contributed by atoms with van der Waals surface area (Å²) in [6, 6.07) is 10.0. The van der Waals surface area contributed by atoms with E-state index >= 15 is 0 Å². The van der Waals surface area contributed by atoms with Crippen LogP contribution in [0.4, 0.5) is 16.2 Å². The summed E-state index contributed by atoms with van der Waals surface area (Å²) in [4.78, 5) is 26.9. The second-order valence-electron chi connectivity index (χ2n) is 11.2. The zero-order valence-corrected chi connectivity index (χ0v) is 21.1. The molecule has 192 valence electrons. The molecule has 0 spiro atoms. The molecule has 2 aliphatic heterocycles. The summed E-state index contributed by atoms with van der Waals surface area (Å²) < 4.78 is 4.88. The highest BCUT2D eigenvalue weighted by molar-refractivity contribution is 5.94. The predicted octanol–water partition coefficient (Wildman–Crippen LogP) is 5.14. The smallest absolute Gasteiger partial charge is 0.325 e. The third-order valence-corrected chi connectivity index (χ3v) is 8.79. The van der Waals surface area contributed by atoms with E-state index in [-0.39, 0.29) is 6.54 Å². The lowest BCUT2D eigenvalue weighted by molar-refractivity contribution is -0.141. The third kappa shape index (κ3) is 5.93. The molecule has 2 saturated heterocycles. The van der Waals surface area contributed by atoms with Crippen molar-refractivity contribution in [3.63, 3.8) is 0 Å². The molecule has 0 unspecified atom stereocenters. The number of rotatable bonds is 7. The number of anilines is 2. The van der Waals surface area contributed by atoms with Crippen LogP contribution in [0.15, 0.2) is 24.3 Å². The number of hydrogen-bond donors (Lipinski definition) is 3. The van der Waals surface area contributed by atoms with Crippen molar-refractivity contribution >= 4 is 23.4 Å². The van der Waals surface area contributed by atoms with E-state index in [9.17, 15) is 9.59 Å². The van der Waals surface area contributed by atoms with Crippen LogP contribution in [0.5, 0.6) is 0 Å². The van der Waals surface area contributed by atoms with E-state index in [2.05, 4.69) is 20.9 Å². The van der Waals surface area contributed by atoms with Gasteiger partial charge in [0.25, 0.3) is 0 Å². The van der Waals surface area contributed by atoms with Crippen molar-refractivity contribution in [3.8, 4) is 0 Å². The number of urea groups is 1. The largest absolute Gasteiger partial charge is 0.465 e. The number of nitrogens with one attached hydrogen (secondary N) is 3. The van der Waals surface area contributed by atoms with E-state index in [0.29, 0.717) is 24.7 Å². The Labute approximate surface area is 209 Å². The van der Waals surface area contributed by atoms with E-state index in [4.69, 9.17) is 4.74 Å². The molecule has 1 aromatic carbocycles. The van der Waals surface area contributed by atoms with Gasteiger partial charge in [0.15, 0.2) is 0 Å². The summed E-state index contributed by atoms with van der Waals surface area (Å²) in [6.45, 7) is 1.91. The Morgan fingerprint density at radius 3 is 2.23 bits per heavy atom. The van der Waals surface area contributed by atoms with Crippen LogP contribution in [-0.4, -0.2) is 54.2 Å². The Bertz CT molecular complexity index is 867. The van der Waals surface area contributed by atoms with Crippen molar-refractivity contribution in [1.82, 2.24) is 10.2 Å². The van der Waals surface area contributed by atoms with Gasteiger partial charge in [-0.15, -0.1) is 0 Å². The Hall–Kier alpha value is -2.28. The van der Waals surface area contributed by atoms with Crippen molar-refractivity contribution in [2.45, 2.75) is 102 Å². The van der Waals surface area contributed by atoms with Crippen LogP contribution in [0.3, 0.4) is 0 Å². The normalized spacial score (nSPS) is 32.4. The fraction of sp³-hybridized carbons (Fsp3) is 0.714. The molecule has 7 heteroatoms. The molecule has 7 nitrogen and oxygen atoms in total. The molecule has 2 heterocycles. The number of ether oxygens (including phenoxy) is 1. The zero-order chi connectivity index (χ0) is 24.2. The first-order valence-corrected chi connectivity index (χ1v) is 13.9. The molecule has 0 aromatic heterocycles. The minimum absolute atomic E-state index is 0.139. The van der Waals surface area contributed by atoms with Gasteiger partial charge >= 0.3 is 12.0 Å². The van der Waals surface area contributed by atoms with Gasteiger partial charge in [0.2, 0.25) is 0 Å². The molecular formula is C28H42N4O3. The Balaban J connectivity index is 1.20. The average Bonchev–Trinajstić information content (AvgIpc) is 2.83. The standard InChI is InChI=1S/C28H42N4O3/c1-2-35-27(33)18-29-28(34)31-26-12-4-3-11-25(26)30-21-16-22-9-6-10-23(17-21)32(22)24-14-19-7-5-8-20(13-19)15-24/h3-4,11-12,19-24,30H,2,5-10,13-18H2,1H3,(H2,29,31,34)/t19-,20+,21-,22+,23-,24+. The van der Waals surface area contributed by atoms with Crippen molar-refractivity contribution < 1.29 is 14.3 Å². The summed E-state index contributed by atoms with van der Waals surface area (Å²) in [6.07, 6.45) is 15.0. The van der Waals surface area contributed by atoms with Crippen LogP contribution in [0.25, 0.3) is 0 Å². The number of benzene rings is 1. The van der Waals surface area contributed by atoms with E-state index < -0.39 is 12.0 Å². The van der Waals surface area contributed by atoms with Gasteiger partial charge < -0.3 is 20.7 Å². The first kappa shape index (κ1) is 24.4. The summed E-state index contributed by atoms with van der Waals surface area (Å²) in [5.41, 5.74) is 1.68. The molecule has 5 rings (SSSR count). The summed E-state index contributed by atoms with van der Waals surface area (Å²) in [5.74, 6) is 1.50. The molecule has 0 radical (unpaired) electrons. The monoisotopic (exact) mass is 482 g/mol. The number of piperidine rings is 2. The van der Waals surface area contributed by atoms with Gasteiger partial charge in [-0.2, -0.15) is 0 Å². The second kappa shape index (κ2) is 11.2. The number of amides is 2. The molecular weight excluding hydrogens is 440 g/mol. The molecule has 4 bridgehead atoms. The number of para-hydroxylation sites is 2. The van der Waals surface area contributed by atoms with Crippen molar-refractivity contribution in [2.75, 3.05) is 23.8 Å². The maximum absolute atomic E-state index is 12.4. The molecule has 4 fully saturated rings. The van der Waals surface area contributed by atoms with E-state index in [1.807, 2.05) is 24.3 Å². The first-order valence-electron chi connectivity index (χ1n) is 13.9. The highest BCUT2D eigenvalue weighted by Crippen LogP contribution is 2.46. The number of carbonyl (C=O) groups is 2. The molecule has 2 saturated carbocycles. The Morgan fingerprint density at radius 1 is 0.886 bits per heavy atom. The SMILES string of the molecule is CCOC(=O)CNC(=O)Nc1ccccc1N[C@H]1C[C@H]2CCC[C@@H](C1)N2[C@H]1C[C@@H]2CCC[C@@H](C2)C1. The number of nitrogens with zero attached hydrogens (tertiary/aromatic N) is 1. The maximum Gasteiger partial charge on any atom is 0.325 e. The minimum Gasteiger partial charge on any atom is -0.465 e. The van der Waals surface area contributed by atoms with Crippen LogP contribution < -0.4 is 16.0 Å². The molecule has 4 aliphatic rings. The summed E-state index contributed by atoms with van der Waals surface area (Å²) in [5, 5.41) is 9.25. The first-order chi connectivity index (χ1) is 17.1. The predicted molar refractivity (Wildman–Crippen MR) is 138 cm³/mol. The average molecular weight is 483 g/mol. The topological polar surface area (TPSA) is 82.7 Å². The van der Waals surface area contributed by atoms with Crippen molar-refractivity contribution in [2.24, 2.45) is 11.8 Å². The molecule has 2 amide bonds. The van der Waals surface area contributed by atoms with Crippen LogP contribution >= 0.6 is 0 Å². The van der Waals surface area contributed by atoms with E-state index in [0.717, 1.165) is 29.3 Å². The van der Waals surface area contributed by atoms with Gasteiger partial charge in [-0.25, -0.2) is 4.79 Å². The van der Waals surface area contributed by atoms with Gasteiger partial charge in [-0.05, 0) is 75.8 Å². The van der Waals surface area contributed by atoms with Gasteiger partial charge in [0, 0.05) is 24.2 Å².